The summed E-state index contributed by atoms with van der Waals surface area (Å²) in [6.07, 6.45) is 0.217. The zero-order chi connectivity index (χ0) is 31.9. The predicted octanol–water partition coefficient (Wildman–Crippen LogP) is 6.74. The first-order valence-electron chi connectivity index (χ1n) is 14.1. The molecule has 4 rings (SSSR count). The summed E-state index contributed by atoms with van der Waals surface area (Å²) in [5.41, 5.74) is 1.14. The number of benzene rings is 4. The van der Waals surface area contributed by atoms with Crippen LogP contribution < -0.4 is 9.62 Å². The van der Waals surface area contributed by atoms with Gasteiger partial charge in [0.15, 0.2) is 0 Å². The molecule has 2 amide bonds. The molecule has 0 aromatic heterocycles. The van der Waals surface area contributed by atoms with Gasteiger partial charge in [-0.25, -0.2) is 8.42 Å². The van der Waals surface area contributed by atoms with Crippen molar-refractivity contribution in [1.29, 1.82) is 0 Å². The number of carbonyl (C=O) groups is 2. The smallest absolute Gasteiger partial charge is 0.264 e. The lowest BCUT2D eigenvalue weighted by Crippen LogP contribution is -2.56. The van der Waals surface area contributed by atoms with E-state index in [4.69, 9.17) is 23.2 Å². The Kier molecular flexibility index (Phi) is 10.7. The van der Waals surface area contributed by atoms with Gasteiger partial charge >= 0.3 is 0 Å². The summed E-state index contributed by atoms with van der Waals surface area (Å²) in [4.78, 5) is 29.8. The highest BCUT2D eigenvalue weighted by Crippen LogP contribution is 2.33. The fourth-order valence-electron chi connectivity index (χ4n) is 4.70. The van der Waals surface area contributed by atoms with Crippen molar-refractivity contribution in [3.05, 3.63) is 130 Å². The van der Waals surface area contributed by atoms with Crippen molar-refractivity contribution in [1.82, 2.24) is 10.2 Å². The summed E-state index contributed by atoms with van der Waals surface area (Å²) in [5.74, 6) is -0.933. The highest BCUT2D eigenvalue weighted by molar-refractivity contribution is 7.92. The quantitative estimate of drug-likeness (QED) is 0.194. The Hall–Kier alpha value is -3.85. The van der Waals surface area contributed by atoms with Gasteiger partial charge in [-0.2, -0.15) is 0 Å². The lowest BCUT2D eigenvalue weighted by Gasteiger charge is -2.35. The Morgan fingerprint density at radius 3 is 1.89 bits per heavy atom. The molecule has 4 aromatic carbocycles. The molecular weight excluding hydrogens is 617 g/mol. The normalized spacial score (nSPS) is 12.3. The molecule has 0 aliphatic heterocycles. The molecular formula is C34H35Cl2N3O4S. The number of nitrogens with zero attached hydrogens (tertiary/aromatic N) is 2. The van der Waals surface area contributed by atoms with Crippen molar-refractivity contribution in [3.63, 3.8) is 0 Å². The standard InChI is InChI=1S/C34H35Cl2N3O4S/c1-34(2,3)37-33(41)31(21-25-13-7-4-8-14-25)38(23-26-15-9-5-10-16-26)32(40)24-39(30-20-19-27(35)22-29(30)36)44(42,43)28-17-11-6-12-18-28/h4-20,22,31H,21,23-24H2,1-3H3,(H,37,41)/t31-/m1/s1. The molecule has 44 heavy (non-hydrogen) atoms. The van der Waals surface area contributed by atoms with Crippen LogP contribution in [0.5, 0.6) is 0 Å². The lowest BCUT2D eigenvalue weighted by atomic mass is 10.0. The number of anilines is 1. The highest BCUT2D eigenvalue weighted by Gasteiger charge is 2.36. The summed E-state index contributed by atoms with van der Waals surface area (Å²) < 4.78 is 29.1. The lowest BCUT2D eigenvalue weighted by molar-refractivity contribution is -0.140. The molecule has 0 bridgehead atoms. The number of hydrogen-bond acceptors (Lipinski definition) is 4. The Morgan fingerprint density at radius 2 is 1.34 bits per heavy atom. The van der Waals surface area contributed by atoms with E-state index < -0.39 is 34.1 Å². The summed E-state index contributed by atoms with van der Waals surface area (Å²) in [5, 5.41) is 3.39. The van der Waals surface area contributed by atoms with Crippen molar-refractivity contribution in [3.8, 4) is 0 Å². The molecule has 7 nitrogen and oxygen atoms in total. The second-order valence-corrected chi connectivity index (χ2v) is 14.1. The third-order valence-electron chi connectivity index (χ3n) is 6.75. The van der Waals surface area contributed by atoms with Gasteiger partial charge in [0.1, 0.15) is 12.6 Å². The molecule has 4 aromatic rings. The van der Waals surface area contributed by atoms with E-state index in [1.54, 1.807) is 18.2 Å². The molecule has 0 aliphatic carbocycles. The maximum Gasteiger partial charge on any atom is 0.264 e. The number of sulfonamides is 1. The van der Waals surface area contributed by atoms with Gasteiger partial charge in [0.2, 0.25) is 11.8 Å². The predicted molar refractivity (Wildman–Crippen MR) is 176 cm³/mol. The van der Waals surface area contributed by atoms with Crippen LogP contribution in [0.4, 0.5) is 5.69 Å². The Balaban J connectivity index is 1.82. The molecule has 0 heterocycles. The van der Waals surface area contributed by atoms with Crippen LogP contribution in [-0.2, 0) is 32.6 Å². The van der Waals surface area contributed by atoms with Crippen LogP contribution in [0, 0.1) is 0 Å². The molecule has 0 saturated heterocycles. The topological polar surface area (TPSA) is 86.8 Å². The van der Waals surface area contributed by atoms with E-state index in [9.17, 15) is 18.0 Å². The van der Waals surface area contributed by atoms with Gasteiger partial charge in [-0.15, -0.1) is 0 Å². The number of carbonyl (C=O) groups excluding carboxylic acids is 2. The van der Waals surface area contributed by atoms with Crippen LogP contribution >= 0.6 is 23.2 Å². The summed E-state index contributed by atoms with van der Waals surface area (Å²) >= 11 is 12.7. The van der Waals surface area contributed by atoms with Crippen molar-refractivity contribution in [2.45, 2.75) is 50.2 Å². The van der Waals surface area contributed by atoms with Crippen molar-refractivity contribution < 1.29 is 18.0 Å². The van der Waals surface area contributed by atoms with Gasteiger partial charge in [-0.05, 0) is 62.2 Å². The third kappa shape index (κ3) is 8.62. The van der Waals surface area contributed by atoms with Crippen LogP contribution in [0.3, 0.4) is 0 Å². The largest absolute Gasteiger partial charge is 0.350 e. The minimum absolute atomic E-state index is 0.0141. The van der Waals surface area contributed by atoms with E-state index >= 15 is 0 Å². The molecule has 0 unspecified atom stereocenters. The second kappa shape index (κ2) is 14.3. The Bertz CT molecular complexity index is 1680. The van der Waals surface area contributed by atoms with Crippen LogP contribution in [-0.4, -0.2) is 43.3 Å². The highest BCUT2D eigenvalue weighted by atomic mass is 35.5. The van der Waals surface area contributed by atoms with Gasteiger partial charge in [0.05, 0.1) is 15.6 Å². The minimum Gasteiger partial charge on any atom is -0.350 e. The molecule has 0 aliphatic rings. The summed E-state index contributed by atoms with van der Waals surface area (Å²) in [7, 11) is -4.27. The second-order valence-electron chi connectivity index (χ2n) is 11.4. The van der Waals surface area contributed by atoms with E-state index in [1.165, 1.54) is 35.2 Å². The van der Waals surface area contributed by atoms with E-state index in [2.05, 4.69) is 5.32 Å². The fourth-order valence-corrected chi connectivity index (χ4v) is 6.72. The van der Waals surface area contributed by atoms with E-state index in [-0.39, 0.29) is 34.5 Å². The number of amides is 2. The minimum atomic E-state index is -4.27. The van der Waals surface area contributed by atoms with E-state index in [0.29, 0.717) is 5.02 Å². The van der Waals surface area contributed by atoms with Gasteiger partial charge in [-0.1, -0.05) is 102 Å². The number of nitrogens with one attached hydrogen (secondary N) is 1. The number of hydrogen-bond donors (Lipinski definition) is 1. The van der Waals surface area contributed by atoms with Gasteiger partial charge < -0.3 is 10.2 Å². The number of halogens is 2. The van der Waals surface area contributed by atoms with Crippen LogP contribution in [0.25, 0.3) is 0 Å². The first-order chi connectivity index (χ1) is 20.8. The molecule has 1 N–H and O–H groups in total. The molecule has 0 spiro atoms. The molecule has 0 saturated carbocycles. The zero-order valence-electron chi connectivity index (χ0n) is 24.8. The van der Waals surface area contributed by atoms with Gasteiger partial charge in [0.25, 0.3) is 10.0 Å². The third-order valence-corrected chi connectivity index (χ3v) is 9.07. The first kappa shape index (κ1) is 33.1. The van der Waals surface area contributed by atoms with Crippen LogP contribution in [0.2, 0.25) is 10.0 Å². The van der Waals surface area contributed by atoms with Crippen molar-refractivity contribution in [2.75, 3.05) is 10.8 Å². The van der Waals surface area contributed by atoms with Gasteiger partial charge in [-0.3, -0.25) is 13.9 Å². The average Bonchev–Trinajstić information content (AvgIpc) is 2.98. The maximum absolute atomic E-state index is 14.5. The SMILES string of the molecule is CC(C)(C)NC(=O)[C@@H](Cc1ccccc1)N(Cc1ccccc1)C(=O)CN(c1ccc(Cl)cc1Cl)S(=O)(=O)c1ccccc1. The monoisotopic (exact) mass is 651 g/mol. The zero-order valence-corrected chi connectivity index (χ0v) is 27.1. The first-order valence-corrected chi connectivity index (χ1v) is 16.3. The molecule has 1 atom stereocenters. The Labute approximate surface area is 269 Å². The summed E-state index contributed by atoms with van der Waals surface area (Å²) in [6, 6.07) is 29.9. The van der Waals surface area contributed by atoms with E-state index in [1.807, 2.05) is 81.4 Å². The fraction of sp³-hybridized carbons (Fsp3) is 0.235. The van der Waals surface area contributed by atoms with Crippen molar-refractivity contribution >= 4 is 50.7 Å². The molecule has 10 heteroatoms. The average molecular weight is 653 g/mol. The molecule has 230 valence electrons. The van der Waals surface area contributed by atoms with Gasteiger partial charge in [0, 0.05) is 23.5 Å². The van der Waals surface area contributed by atoms with Crippen LogP contribution in [0.1, 0.15) is 31.9 Å². The maximum atomic E-state index is 14.5. The Morgan fingerprint density at radius 1 is 0.795 bits per heavy atom. The molecule has 0 fully saturated rings. The molecule has 0 radical (unpaired) electrons. The van der Waals surface area contributed by atoms with E-state index in [0.717, 1.165) is 15.4 Å². The summed E-state index contributed by atoms with van der Waals surface area (Å²) in [6.45, 7) is 5.06. The van der Waals surface area contributed by atoms with Crippen LogP contribution in [0.15, 0.2) is 114 Å². The number of rotatable bonds is 11. The van der Waals surface area contributed by atoms with Crippen molar-refractivity contribution in [2.24, 2.45) is 0 Å².